The maximum Gasteiger partial charge on any atom is 0 e. The molecule has 0 saturated heterocycles. The Hall–Kier alpha value is 2.46. The molecule has 6 heteroatoms. The molecule has 0 aromatic carbocycles. The first kappa shape index (κ1) is 15.8. The molecule has 3 nitrogen and oxygen atoms in total. The average Bonchev–Trinajstić information content (AvgIpc) is 0.811. The van der Waals surface area contributed by atoms with E-state index in [1.54, 1.807) is 0 Å². The minimum atomic E-state index is -3.69. The fraction of sp³-hybridized carbons (Fsp3) is 0. The molecule has 0 spiro atoms. The molecule has 0 saturated carbocycles. The van der Waals surface area contributed by atoms with Gasteiger partial charge in [-0.1, -0.05) is 0 Å². The van der Waals surface area contributed by atoms with E-state index in [2.05, 4.69) is 0 Å². The van der Waals surface area contributed by atoms with Crippen LogP contribution in [0.5, 0.6) is 0 Å². The molecule has 0 fully saturated rings. The maximum atomic E-state index is 8.67. The second-order valence-corrected chi connectivity index (χ2v) is 0.981. The van der Waals surface area contributed by atoms with Gasteiger partial charge < -0.3 is 2.85 Å². The Morgan fingerprint density at radius 3 is 1.50 bits per heavy atom. The monoisotopic (exact) mass is 380 g/mol. The van der Waals surface area contributed by atoms with Crippen molar-refractivity contribution in [1.29, 1.82) is 0 Å². The van der Waals surface area contributed by atoms with E-state index in [1.807, 2.05) is 0 Å². The van der Waals surface area contributed by atoms with Gasteiger partial charge in [-0.2, -0.15) is 0 Å². The first-order chi connectivity index (χ1) is 1.73. The largest absolute Gasteiger partial charge is 0 e. The van der Waals surface area contributed by atoms with E-state index in [4.69, 9.17) is 11.4 Å². The molecule has 0 rings (SSSR count). The summed E-state index contributed by atoms with van der Waals surface area (Å²) in [5.74, 6) is 0. The molecular weight excluding hydrogens is 377 g/mol. The van der Waals surface area contributed by atoms with Crippen LogP contribution in [0.4, 0.5) is 0 Å². The minimum Gasteiger partial charge on any atom is 0 e. The van der Waals surface area contributed by atoms with Crippen LogP contribution in [-0.2, 0) is 22.7 Å². The Kier molecular flexibility index (Phi) is 27.5. The molecule has 0 bridgehead atoms. The molecule has 0 atom stereocenters. The van der Waals surface area contributed by atoms with E-state index in [1.165, 1.54) is 0 Å². The molecule has 0 heterocycles. The van der Waals surface area contributed by atoms with Gasteiger partial charge >= 0.3 is 64.5 Å². The molecular formula is H3CaO3UV. The van der Waals surface area contributed by atoms with Crippen LogP contribution in [0, 0.1) is 31.1 Å². The first-order valence-electron chi connectivity index (χ1n) is 0.565. The third-order valence-corrected chi connectivity index (χ3v) is 0. The van der Waals surface area contributed by atoms with Crippen LogP contribution < -0.4 is 0 Å². The Bertz CT molecular complexity index is 65.7. The molecule has 0 radical (unpaired) electrons. The second kappa shape index (κ2) is 10.4. The van der Waals surface area contributed by atoms with Gasteiger partial charge in [-0.05, 0) is 0 Å². The van der Waals surface area contributed by atoms with Gasteiger partial charge in [0.1, 0.15) is 0 Å². The molecule has 6 heavy (non-hydrogen) atoms. The van der Waals surface area contributed by atoms with Gasteiger partial charge in [-0.25, -0.2) is 0 Å². The van der Waals surface area contributed by atoms with Gasteiger partial charge in [0.15, 0.2) is 0 Å². The van der Waals surface area contributed by atoms with Crippen LogP contribution in [0.25, 0.3) is 0 Å². The topological polar surface area (TPSA) is 54.4 Å². The molecule has 0 unspecified atom stereocenters. The predicted molar refractivity (Wildman–Crippen MR) is 11.6 cm³/mol. The third kappa shape index (κ3) is 31.9. The predicted octanol–water partition coefficient (Wildman–Crippen LogP) is -0.953. The van der Waals surface area contributed by atoms with Crippen molar-refractivity contribution in [3.05, 3.63) is 0 Å². The summed E-state index contributed by atoms with van der Waals surface area (Å²) in [6.07, 6.45) is 0. The van der Waals surface area contributed by atoms with Gasteiger partial charge in [0.2, 0.25) is 0 Å². The SMILES string of the molecule is [Ca+2].[H-].[H-].[O]=[V](=[O])[OH].[U]. The summed E-state index contributed by atoms with van der Waals surface area (Å²) >= 11 is -3.69. The van der Waals surface area contributed by atoms with Crippen LogP contribution in [0.2, 0.25) is 0 Å². The molecule has 0 aromatic heterocycles. The van der Waals surface area contributed by atoms with Gasteiger partial charge in [0.25, 0.3) is 0 Å². The van der Waals surface area contributed by atoms with E-state index in [0.717, 1.165) is 0 Å². The van der Waals surface area contributed by atoms with E-state index >= 15 is 0 Å². The second-order valence-electron chi connectivity index (χ2n) is 0.238. The van der Waals surface area contributed by atoms with Crippen molar-refractivity contribution >= 4 is 37.7 Å². The Morgan fingerprint density at radius 2 is 1.50 bits per heavy atom. The number of hydrogen-bond acceptors (Lipinski definition) is 2. The fourth-order valence-electron chi connectivity index (χ4n) is 0. The Balaban J connectivity index is -0.00000000750. The third-order valence-electron chi connectivity index (χ3n) is 0. The smallest absolute Gasteiger partial charge is 0 e. The first-order valence-corrected chi connectivity index (χ1v) is 2.33. The van der Waals surface area contributed by atoms with Crippen LogP contribution in [-0.4, -0.2) is 41.8 Å². The molecule has 0 aliphatic heterocycles. The Labute approximate surface area is 96.6 Å². The van der Waals surface area contributed by atoms with Crippen molar-refractivity contribution in [3.63, 3.8) is 0 Å². The minimum absolute atomic E-state index is 0. The standard InChI is InChI=1S/Ca.H2O.2O.U.V.2H/h;1H2;;;;;;/q+2;;;;;+1;2*-1/p-1. The summed E-state index contributed by atoms with van der Waals surface area (Å²) in [6.45, 7) is 0. The molecule has 1 N–H and O–H groups in total. The maximum absolute atomic E-state index is 8.67. The van der Waals surface area contributed by atoms with Crippen LogP contribution in [0.3, 0.4) is 0 Å². The zero-order valence-electron chi connectivity index (χ0n) is 4.92. The zero-order valence-corrected chi connectivity index (χ0v) is 10.7. The zero-order chi connectivity index (χ0) is 3.58. The summed E-state index contributed by atoms with van der Waals surface area (Å²) in [5.41, 5.74) is 0. The van der Waals surface area contributed by atoms with E-state index in [-0.39, 0.29) is 71.7 Å². The van der Waals surface area contributed by atoms with Crippen molar-refractivity contribution in [2.45, 2.75) is 0 Å². The van der Waals surface area contributed by atoms with E-state index < -0.39 is 15.4 Å². The summed E-state index contributed by atoms with van der Waals surface area (Å²) in [4.78, 5) is 0. The molecule has 0 amide bonds. The normalized spacial score (nSPS) is 4.17. The number of hydrogen-bond donors (Lipinski definition) is 1. The number of rotatable bonds is 0. The van der Waals surface area contributed by atoms with E-state index in [0.29, 0.717) is 0 Å². The summed E-state index contributed by atoms with van der Waals surface area (Å²) in [5, 5.41) is 0. The average molecular weight is 380 g/mol. The van der Waals surface area contributed by atoms with Crippen LogP contribution in [0.15, 0.2) is 0 Å². The van der Waals surface area contributed by atoms with Gasteiger partial charge in [0.05, 0.1) is 0 Å². The van der Waals surface area contributed by atoms with E-state index in [9.17, 15) is 0 Å². The van der Waals surface area contributed by atoms with Crippen LogP contribution in [0.1, 0.15) is 2.85 Å². The summed E-state index contributed by atoms with van der Waals surface area (Å²) < 4.78 is 24.4. The summed E-state index contributed by atoms with van der Waals surface area (Å²) in [6, 6.07) is 0. The van der Waals surface area contributed by atoms with Crippen molar-refractivity contribution < 1.29 is 60.7 Å². The summed E-state index contributed by atoms with van der Waals surface area (Å²) in [7, 11) is 0. The van der Waals surface area contributed by atoms with Gasteiger partial charge in [-0.3, -0.25) is 0 Å². The van der Waals surface area contributed by atoms with Crippen molar-refractivity contribution in [1.82, 2.24) is 0 Å². The van der Waals surface area contributed by atoms with Crippen molar-refractivity contribution in [2.24, 2.45) is 0 Å². The molecule has 0 aliphatic carbocycles. The van der Waals surface area contributed by atoms with Gasteiger partial charge in [0, 0.05) is 31.1 Å². The Morgan fingerprint density at radius 1 is 1.50 bits per heavy atom. The van der Waals surface area contributed by atoms with Crippen molar-refractivity contribution in [2.75, 3.05) is 0 Å². The van der Waals surface area contributed by atoms with Crippen LogP contribution >= 0.6 is 0 Å². The molecule has 32 valence electrons. The fourth-order valence-corrected chi connectivity index (χ4v) is 0. The quantitative estimate of drug-likeness (QED) is 0.552. The van der Waals surface area contributed by atoms with Crippen molar-refractivity contribution in [3.8, 4) is 0 Å². The molecule has 0 aliphatic rings. The molecule has 0 aromatic rings. The van der Waals surface area contributed by atoms with Gasteiger partial charge in [-0.15, -0.1) is 0 Å².